The Morgan fingerprint density at radius 1 is 1.30 bits per heavy atom. The molecule has 1 amide bonds. The third-order valence-electron chi connectivity index (χ3n) is 3.61. The number of hydrogen-bond acceptors (Lipinski definition) is 4. The SMILES string of the molecule is CC(C)Oc1ncccc1C(=O)N1c2ccccc2OCC1C. The monoisotopic (exact) mass is 312 g/mol. The van der Waals surface area contributed by atoms with Crippen LogP contribution in [0.15, 0.2) is 42.6 Å². The summed E-state index contributed by atoms with van der Waals surface area (Å²) in [6.45, 7) is 6.25. The molecular formula is C18H20N2O3. The summed E-state index contributed by atoms with van der Waals surface area (Å²) in [4.78, 5) is 19.1. The van der Waals surface area contributed by atoms with E-state index in [0.717, 1.165) is 5.69 Å². The van der Waals surface area contributed by atoms with Gasteiger partial charge in [0, 0.05) is 6.20 Å². The zero-order chi connectivity index (χ0) is 16.4. The molecule has 2 aromatic rings. The molecule has 1 aliphatic rings. The van der Waals surface area contributed by atoms with Gasteiger partial charge in [-0.2, -0.15) is 0 Å². The molecule has 0 aliphatic carbocycles. The third-order valence-corrected chi connectivity index (χ3v) is 3.61. The zero-order valence-electron chi connectivity index (χ0n) is 13.5. The molecule has 3 rings (SSSR count). The number of benzene rings is 1. The largest absolute Gasteiger partial charge is 0.489 e. The normalized spacial score (nSPS) is 16.7. The summed E-state index contributed by atoms with van der Waals surface area (Å²) in [5, 5.41) is 0. The van der Waals surface area contributed by atoms with Crippen molar-refractivity contribution < 1.29 is 14.3 Å². The smallest absolute Gasteiger partial charge is 0.264 e. The summed E-state index contributed by atoms with van der Waals surface area (Å²) in [5.41, 5.74) is 1.24. The molecule has 120 valence electrons. The molecule has 0 N–H and O–H groups in total. The number of nitrogens with zero attached hydrogens (tertiary/aromatic N) is 2. The molecule has 0 saturated carbocycles. The molecule has 0 fully saturated rings. The molecule has 0 spiro atoms. The van der Waals surface area contributed by atoms with Gasteiger partial charge in [0.05, 0.1) is 17.8 Å². The highest BCUT2D eigenvalue weighted by molar-refractivity contribution is 6.08. The lowest BCUT2D eigenvalue weighted by Crippen LogP contribution is -2.45. The first-order valence-electron chi connectivity index (χ1n) is 7.75. The van der Waals surface area contributed by atoms with E-state index in [9.17, 15) is 4.79 Å². The van der Waals surface area contributed by atoms with Gasteiger partial charge in [0.1, 0.15) is 17.9 Å². The van der Waals surface area contributed by atoms with Gasteiger partial charge in [0.2, 0.25) is 5.88 Å². The Labute approximate surface area is 135 Å². The van der Waals surface area contributed by atoms with Crippen LogP contribution in [0.3, 0.4) is 0 Å². The van der Waals surface area contributed by atoms with Crippen molar-refractivity contribution in [2.24, 2.45) is 0 Å². The van der Waals surface area contributed by atoms with E-state index in [0.29, 0.717) is 23.8 Å². The molecule has 1 atom stereocenters. The summed E-state index contributed by atoms with van der Waals surface area (Å²) in [6.07, 6.45) is 1.58. The maximum atomic E-state index is 13.1. The van der Waals surface area contributed by atoms with Crippen LogP contribution in [0.25, 0.3) is 0 Å². The fraction of sp³-hybridized carbons (Fsp3) is 0.333. The second-order valence-corrected chi connectivity index (χ2v) is 5.83. The standard InChI is InChI=1S/C18H20N2O3/c1-12(2)23-17-14(7-6-10-19-17)18(21)20-13(3)11-22-16-9-5-4-8-15(16)20/h4-10,12-13H,11H2,1-3H3. The van der Waals surface area contributed by atoms with E-state index in [2.05, 4.69) is 4.98 Å². The Kier molecular flexibility index (Phi) is 4.19. The minimum atomic E-state index is -0.128. The number of aromatic nitrogens is 1. The van der Waals surface area contributed by atoms with Crippen LogP contribution in [0.4, 0.5) is 5.69 Å². The fourth-order valence-electron chi connectivity index (χ4n) is 2.61. The molecular weight excluding hydrogens is 292 g/mol. The molecule has 2 heterocycles. The van der Waals surface area contributed by atoms with Crippen LogP contribution in [0.1, 0.15) is 31.1 Å². The quantitative estimate of drug-likeness (QED) is 0.872. The van der Waals surface area contributed by atoms with Crippen molar-refractivity contribution in [2.45, 2.75) is 32.9 Å². The molecule has 0 saturated heterocycles. The van der Waals surface area contributed by atoms with Gasteiger partial charge in [-0.05, 0) is 45.0 Å². The minimum absolute atomic E-state index is 0.0501. The summed E-state index contributed by atoms with van der Waals surface area (Å²) >= 11 is 0. The number of anilines is 1. The van der Waals surface area contributed by atoms with Gasteiger partial charge in [0.25, 0.3) is 5.91 Å². The van der Waals surface area contributed by atoms with Crippen molar-refractivity contribution in [3.63, 3.8) is 0 Å². The van der Waals surface area contributed by atoms with E-state index in [1.807, 2.05) is 45.0 Å². The maximum absolute atomic E-state index is 13.1. The van der Waals surface area contributed by atoms with E-state index < -0.39 is 0 Å². The van der Waals surface area contributed by atoms with Crippen molar-refractivity contribution in [3.05, 3.63) is 48.2 Å². The lowest BCUT2D eigenvalue weighted by atomic mass is 10.1. The number of fused-ring (bicyclic) bond motifs is 1. The van der Waals surface area contributed by atoms with Crippen LogP contribution in [0.2, 0.25) is 0 Å². The summed E-state index contributed by atoms with van der Waals surface area (Å²) in [6, 6.07) is 11.0. The van der Waals surface area contributed by atoms with Gasteiger partial charge >= 0.3 is 0 Å². The number of carbonyl (C=O) groups excluding carboxylic acids is 1. The van der Waals surface area contributed by atoms with Crippen molar-refractivity contribution in [1.82, 2.24) is 4.98 Å². The second kappa shape index (κ2) is 6.28. The highest BCUT2D eigenvalue weighted by Crippen LogP contribution is 2.35. The second-order valence-electron chi connectivity index (χ2n) is 5.83. The minimum Gasteiger partial charge on any atom is -0.489 e. The van der Waals surface area contributed by atoms with Gasteiger partial charge in [0.15, 0.2) is 0 Å². The zero-order valence-corrected chi connectivity index (χ0v) is 13.5. The molecule has 1 aromatic carbocycles. The van der Waals surface area contributed by atoms with Gasteiger partial charge in [-0.1, -0.05) is 12.1 Å². The van der Waals surface area contributed by atoms with Crippen LogP contribution >= 0.6 is 0 Å². The van der Waals surface area contributed by atoms with Gasteiger partial charge in [-0.15, -0.1) is 0 Å². The van der Waals surface area contributed by atoms with Gasteiger partial charge in [-0.25, -0.2) is 4.98 Å². The Morgan fingerprint density at radius 3 is 2.87 bits per heavy atom. The van der Waals surface area contributed by atoms with Crippen LogP contribution in [-0.2, 0) is 0 Å². The summed E-state index contributed by atoms with van der Waals surface area (Å²) < 4.78 is 11.4. The first-order valence-corrected chi connectivity index (χ1v) is 7.75. The molecule has 1 unspecified atom stereocenters. The molecule has 5 nitrogen and oxygen atoms in total. The summed E-state index contributed by atoms with van der Waals surface area (Å²) in [5.74, 6) is 0.954. The topological polar surface area (TPSA) is 51.7 Å². The number of hydrogen-bond donors (Lipinski definition) is 0. The van der Waals surface area contributed by atoms with E-state index in [-0.39, 0.29) is 18.1 Å². The maximum Gasteiger partial charge on any atom is 0.264 e. The number of ether oxygens (including phenoxy) is 2. The number of pyridine rings is 1. The highest BCUT2D eigenvalue weighted by atomic mass is 16.5. The molecule has 23 heavy (non-hydrogen) atoms. The van der Waals surface area contributed by atoms with Crippen molar-refractivity contribution in [3.8, 4) is 11.6 Å². The average molecular weight is 312 g/mol. The van der Waals surface area contributed by atoms with E-state index in [1.165, 1.54) is 0 Å². The Balaban J connectivity index is 2.01. The predicted molar refractivity (Wildman–Crippen MR) is 88.2 cm³/mol. The van der Waals surface area contributed by atoms with Gasteiger partial charge in [-0.3, -0.25) is 9.69 Å². The Morgan fingerprint density at radius 2 is 2.09 bits per heavy atom. The highest BCUT2D eigenvalue weighted by Gasteiger charge is 2.31. The number of para-hydroxylation sites is 2. The number of rotatable bonds is 3. The van der Waals surface area contributed by atoms with Crippen molar-refractivity contribution >= 4 is 11.6 Å². The molecule has 5 heteroatoms. The number of carbonyl (C=O) groups is 1. The number of amides is 1. The van der Waals surface area contributed by atoms with E-state index in [1.54, 1.807) is 23.2 Å². The van der Waals surface area contributed by atoms with E-state index in [4.69, 9.17) is 9.47 Å². The molecule has 0 radical (unpaired) electrons. The first-order chi connectivity index (χ1) is 11.1. The predicted octanol–water partition coefficient (Wildman–Crippen LogP) is 3.30. The van der Waals surface area contributed by atoms with Crippen LogP contribution in [0, 0.1) is 0 Å². The third kappa shape index (κ3) is 2.99. The lowest BCUT2D eigenvalue weighted by molar-refractivity contribution is 0.0954. The first kappa shape index (κ1) is 15.3. The fourth-order valence-corrected chi connectivity index (χ4v) is 2.61. The lowest BCUT2D eigenvalue weighted by Gasteiger charge is -2.35. The molecule has 1 aromatic heterocycles. The van der Waals surface area contributed by atoms with Crippen LogP contribution in [-0.4, -0.2) is 29.6 Å². The van der Waals surface area contributed by atoms with Crippen molar-refractivity contribution in [1.29, 1.82) is 0 Å². The van der Waals surface area contributed by atoms with Crippen molar-refractivity contribution in [2.75, 3.05) is 11.5 Å². The van der Waals surface area contributed by atoms with E-state index >= 15 is 0 Å². The molecule has 1 aliphatic heterocycles. The Bertz CT molecular complexity index is 715. The average Bonchev–Trinajstić information content (AvgIpc) is 2.54. The summed E-state index contributed by atoms with van der Waals surface area (Å²) in [7, 11) is 0. The Hall–Kier alpha value is -2.56. The molecule has 0 bridgehead atoms. The van der Waals surface area contributed by atoms with Crippen LogP contribution < -0.4 is 14.4 Å². The van der Waals surface area contributed by atoms with Crippen LogP contribution in [0.5, 0.6) is 11.6 Å². The van der Waals surface area contributed by atoms with Gasteiger partial charge < -0.3 is 9.47 Å².